The minimum atomic E-state index is -3.60. The molecular weight excluding hydrogens is 408 g/mol. The summed E-state index contributed by atoms with van der Waals surface area (Å²) >= 11 is 0. The zero-order chi connectivity index (χ0) is 21.1. The largest absolute Gasteiger partial charge is 0.378 e. The number of hydrogen-bond acceptors (Lipinski definition) is 8. The van der Waals surface area contributed by atoms with Gasteiger partial charge in [0, 0.05) is 25.1 Å². The van der Waals surface area contributed by atoms with Gasteiger partial charge in [-0.2, -0.15) is 9.29 Å². The molecule has 0 N–H and O–H groups in total. The van der Waals surface area contributed by atoms with Crippen molar-refractivity contribution >= 4 is 10.0 Å². The fourth-order valence-corrected chi connectivity index (χ4v) is 5.34. The van der Waals surface area contributed by atoms with Gasteiger partial charge in [-0.1, -0.05) is 28.5 Å². The number of aromatic nitrogens is 3. The number of hydrogen-bond donors (Lipinski definition) is 0. The monoisotopic (exact) mass is 432 g/mol. The maximum atomic E-state index is 12.9. The van der Waals surface area contributed by atoms with Gasteiger partial charge in [0.15, 0.2) is 11.6 Å². The Morgan fingerprint density at radius 3 is 2.50 bits per heavy atom. The van der Waals surface area contributed by atoms with Crippen molar-refractivity contribution < 1.29 is 22.2 Å². The van der Waals surface area contributed by atoms with Crippen LogP contribution in [0.15, 0.2) is 44.3 Å². The van der Waals surface area contributed by atoms with Crippen LogP contribution >= 0.6 is 0 Å². The van der Waals surface area contributed by atoms with E-state index in [2.05, 4.69) is 15.3 Å². The van der Waals surface area contributed by atoms with Gasteiger partial charge in [-0.3, -0.25) is 0 Å². The van der Waals surface area contributed by atoms with Crippen LogP contribution in [0.5, 0.6) is 0 Å². The van der Waals surface area contributed by atoms with Crippen molar-refractivity contribution in [2.45, 2.75) is 44.1 Å². The first-order chi connectivity index (χ1) is 14.4. The molecule has 0 unspecified atom stereocenters. The van der Waals surface area contributed by atoms with Crippen LogP contribution in [0, 0.1) is 13.8 Å². The summed E-state index contributed by atoms with van der Waals surface area (Å²) in [5.74, 6) is 1.40. The molecule has 1 saturated heterocycles. The third kappa shape index (κ3) is 4.30. The van der Waals surface area contributed by atoms with E-state index < -0.39 is 10.0 Å². The molecule has 1 aliphatic rings. The molecule has 160 valence electrons. The lowest BCUT2D eigenvalue weighted by atomic mass is 10.1. The quantitative estimate of drug-likeness (QED) is 0.560. The van der Waals surface area contributed by atoms with Gasteiger partial charge in [0.05, 0.1) is 12.7 Å². The summed E-state index contributed by atoms with van der Waals surface area (Å²) < 4.78 is 43.5. The molecule has 30 heavy (non-hydrogen) atoms. The summed E-state index contributed by atoms with van der Waals surface area (Å²) in [6.45, 7) is 4.51. The Morgan fingerprint density at radius 2 is 1.83 bits per heavy atom. The van der Waals surface area contributed by atoms with Gasteiger partial charge in [0.25, 0.3) is 5.89 Å². The number of sulfonamides is 1. The van der Waals surface area contributed by atoms with Crippen molar-refractivity contribution in [2.24, 2.45) is 0 Å². The van der Waals surface area contributed by atoms with Crippen LogP contribution in [0.25, 0.3) is 11.5 Å². The van der Waals surface area contributed by atoms with Crippen molar-refractivity contribution in [3.63, 3.8) is 0 Å². The fourth-order valence-electron chi connectivity index (χ4n) is 3.58. The van der Waals surface area contributed by atoms with Gasteiger partial charge in [-0.05, 0) is 38.8 Å². The van der Waals surface area contributed by atoms with Crippen LogP contribution in [0.4, 0.5) is 0 Å². The van der Waals surface area contributed by atoms with Crippen LogP contribution in [0.3, 0.4) is 0 Å². The lowest BCUT2D eigenvalue weighted by Crippen LogP contribution is -2.41. The SMILES string of the molecule is Cc1noc(C)c1S(=O)(=O)N1CCC(OCCc2noc(-c3ccccc3)n2)CC1. The minimum Gasteiger partial charge on any atom is -0.378 e. The summed E-state index contributed by atoms with van der Waals surface area (Å²) in [6, 6.07) is 9.59. The Kier molecular flexibility index (Phi) is 5.98. The maximum absolute atomic E-state index is 12.9. The predicted molar refractivity (Wildman–Crippen MR) is 107 cm³/mol. The molecule has 10 heteroatoms. The van der Waals surface area contributed by atoms with Crippen molar-refractivity contribution in [1.29, 1.82) is 0 Å². The predicted octanol–water partition coefficient (Wildman–Crippen LogP) is 2.75. The van der Waals surface area contributed by atoms with Gasteiger partial charge in [-0.25, -0.2) is 8.42 Å². The fraction of sp³-hybridized carbons (Fsp3) is 0.450. The lowest BCUT2D eigenvalue weighted by molar-refractivity contribution is 0.0222. The highest BCUT2D eigenvalue weighted by Gasteiger charge is 2.34. The molecule has 3 aromatic rings. The standard InChI is InChI=1S/C20H24N4O5S/c1-14-19(15(2)28-22-14)30(25,26)24-11-8-17(9-12-24)27-13-10-18-21-20(29-23-18)16-6-4-3-5-7-16/h3-7,17H,8-13H2,1-2H3. The summed E-state index contributed by atoms with van der Waals surface area (Å²) in [4.78, 5) is 4.57. The van der Waals surface area contributed by atoms with E-state index in [0.29, 0.717) is 62.1 Å². The van der Waals surface area contributed by atoms with Crippen LogP contribution in [-0.2, 0) is 21.2 Å². The lowest BCUT2D eigenvalue weighted by Gasteiger charge is -2.31. The Morgan fingerprint density at radius 1 is 1.10 bits per heavy atom. The van der Waals surface area contributed by atoms with Crippen LogP contribution in [0.1, 0.15) is 30.1 Å². The third-order valence-electron chi connectivity index (χ3n) is 5.13. The van der Waals surface area contributed by atoms with Gasteiger partial charge >= 0.3 is 0 Å². The first-order valence-electron chi connectivity index (χ1n) is 9.88. The minimum absolute atomic E-state index is 0.00149. The van der Waals surface area contributed by atoms with Gasteiger partial charge < -0.3 is 13.8 Å². The number of rotatable bonds is 7. The van der Waals surface area contributed by atoms with Crippen molar-refractivity contribution in [1.82, 2.24) is 19.6 Å². The molecular formula is C20H24N4O5S. The summed E-state index contributed by atoms with van der Waals surface area (Å²) in [5.41, 5.74) is 1.27. The van der Waals surface area contributed by atoms with Crippen molar-refractivity contribution in [2.75, 3.05) is 19.7 Å². The van der Waals surface area contributed by atoms with E-state index in [9.17, 15) is 8.42 Å². The van der Waals surface area contributed by atoms with E-state index in [4.69, 9.17) is 13.8 Å². The first kappa shape index (κ1) is 20.7. The molecule has 3 heterocycles. The second-order valence-corrected chi connectivity index (χ2v) is 9.13. The van der Waals surface area contributed by atoms with Gasteiger partial charge in [-0.15, -0.1) is 0 Å². The number of piperidine rings is 1. The highest BCUT2D eigenvalue weighted by molar-refractivity contribution is 7.89. The molecule has 0 atom stereocenters. The molecule has 1 aromatic carbocycles. The molecule has 0 spiro atoms. The van der Waals surface area contributed by atoms with E-state index in [-0.39, 0.29) is 11.0 Å². The number of benzene rings is 1. The summed E-state index contributed by atoms with van der Waals surface area (Å²) in [6.07, 6.45) is 1.80. The zero-order valence-electron chi connectivity index (χ0n) is 16.9. The molecule has 1 fully saturated rings. The van der Waals surface area contributed by atoms with Crippen LogP contribution in [0.2, 0.25) is 0 Å². The van der Waals surface area contributed by atoms with E-state index in [1.54, 1.807) is 13.8 Å². The Hall–Kier alpha value is -2.56. The van der Waals surface area contributed by atoms with E-state index >= 15 is 0 Å². The number of ether oxygens (including phenoxy) is 1. The number of nitrogens with zero attached hydrogens (tertiary/aromatic N) is 4. The normalized spacial score (nSPS) is 16.2. The Bertz CT molecular complexity index is 1070. The number of aryl methyl sites for hydroxylation is 2. The van der Waals surface area contributed by atoms with Crippen molar-refractivity contribution in [3.8, 4) is 11.5 Å². The Labute approximate surface area is 175 Å². The van der Waals surface area contributed by atoms with E-state index in [1.165, 1.54) is 4.31 Å². The topological polar surface area (TPSA) is 112 Å². The molecule has 2 aromatic heterocycles. The summed E-state index contributed by atoms with van der Waals surface area (Å²) in [5, 5.41) is 7.75. The summed E-state index contributed by atoms with van der Waals surface area (Å²) in [7, 11) is -3.60. The average Bonchev–Trinajstić information content (AvgIpc) is 3.35. The zero-order valence-corrected chi connectivity index (χ0v) is 17.8. The third-order valence-corrected chi connectivity index (χ3v) is 7.28. The highest BCUT2D eigenvalue weighted by Crippen LogP contribution is 2.26. The highest BCUT2D eigenvalue weighted by atomic mass is 32.2. The second-order valence-electron chi connectivity index (χ2n) is 7.26. The molecule has 4 rings (SSSR count). The molecule has 0 radical (unpaired) electrons. The van der Waals surface area contributed by atoms with Crippen LogP contribution in [-0.4, -0.2) is 53.8 Å². The molecule has 0 aliphatic carbocycles. The first-order valence-corrected chi connectivity index (χ1v) is 11.3. The maximum Gasteiger partial charge on any atom is 0.257 e. The second kappa shape index (κ2) is 8.66. The Balaban J connectivity index is 1.26. The smallest absolute Gasteiger partial charge is 0.257 e. The molecule has 1 aliphatic heterocycles. The van der Waals surface area contributed by atoms with Gasteiger partial charge in [0.2, 0.25) is 10.0 Å². The van der Waals surface area contributed by atoms with Gasteiger partial charge in [0.1, 0.15) is 10.6 Å². The average molecular weight is 433 g/mol. The van der Waals surface area contributed by atoms with E-state index in [1.807, 2.05) is 30.3 Å². The molecule has 0 bridgehead atoms. The molecule has 0 saturated carbocycles. The van der Waals surface area contributed by atoms with E-state index in [0.717, 1.165) is 5.56 Å². The molecule has 0 amide bonds. The van der Waals surface area contributed by atoms with Crippen LogP contribution < -0.4 is 0 Å². The van der Waals surface area contributed by atoms with Crippen molar-refractivity contribution in [3.05, 3.63) is 47.6 Å². The molecule has 9 nitrogen and oxygen atoms in total.